The van der Waals surface area contributed by atoms with Crippen molar-refractivity contribution in [2.75, 3.05) is 0 Å². The summed E-state index contributed by atoms with van der Waals surface area (Å²) in [6.45, 7) is 3.94. The molecule has 2 aliphatic rings. The molecule has 2 aliphatic carbocycles. The molecule has 1 amide bonds. The van der Waals surface area contributed by atoms with Crippen molar-refractivity contribution in [3.63, 3.8) is 0 Å². The number of carbonyl (C=O) groups is 4. The van der Waals surface area contributed by atoms with Crippen LogP contribution in [-0.2, 0) is 32.6 Å². The van der Waals surface area contributed by atoms with Crippen molar-refractivity contribution in [1.82, 2.24) is 15.1 Å². The zero-order chi connectivity index (χ0) is 22.6. The van der Waals surface area contributed by atoms with Gasteiger partial charge in [0.05, 0.1) is 18.2 Å². The third-order valence-electron chi connectivity index (χ3n) is 7.22. The van der Waals surface area contributed by atoms with Crippen molar-refractivity contribution in [2.45, 2.75) is 90.5 Å². The van der Waals surface area contributed by atoms with Crippen LogP contribution in [0, 0.1) is 10.8 Å². The summed E-state index contributed by atoms with van der Waals surface area (Å²) in [7, 11) is 1.76. The lowest BCUT2D eigenvalue weighted by Gasteiger charge is -2.40. The molecule has 170 valence electrons. The van der Waals surface area contributed by atoms with Crippen LogP contribution < -0.4 is 5.32 Å². The molecular formula is C24H35N3O4. The van der Waals surface area contributed by atoms with Gasteiger partial charge < -0.3 is 5.32 Å². The third-order valence-corrected chi connectivity index (χ3v) is 7.22. The van der Waals surface area contributed by atoms with Gasteiger partial charge in [-0.25, -0.2) is 0 Å². The van der Waals surface area contributed by atoms with Crippen LogP contribution >= 0.6 is 0 Å². The molecule has 0 aliphatic heterocycles. The highest BCUT2D eigenvalue weighted by Crippen LogP contribution is 2.47. The number of Topliss-reactive ketones (excluding diaryl/α,β-unsaturated/α-hetero) is 3. The first kappa shape index (κ1) is 23.4. The van der Waals surface area contributed by atoms with E-state index in [0.29, 0.717) is 31.4 Å². The molecule has 0 aromatic carbocycles. The van der Waals surface area contributed by atoms with Gasteiger partial charge in [-0.3, -0.25) is 23.9 Å². The van der Waals surface area contributed by atoms with Crippen LogP contribution in [0.25, 0.3) is 0 Å². The zero-order valence-corrected chi connectivity index (χ0v) is 19.0. The smallest absolute Gasteiger partial charge is 0.220 e. The third kappa shape index (κ3) is 5.49. The lowest BCUT2D eigenvalue weighted by molar-refractivity contribution is -0.148. The Labute approximate surface area is 184 Å². The maximum atomic E-state index is 13.3. The Morgan fingerprint density at radius 2 is 1.81 bits per heavy atom. The maximum absolute atomic E-state index is 13.3. The van der Waals surface area contributed by atoms with Crippen molar-refractivity contribution in [2.24, 2.45) is 17.9 Å². The van der Waals surface area contributed by atoms with Gasteiger partial charge in [-0.2, -0.15) is 5.10 Å². The van der Waals surface area contributed by atoms with E-state index in [1.54, 1.807) is 30.9 Å². The first-order valence-corrected chi connectivity index (χ1v) is 11.5. The van der Waals surface area contributed by atoms with E-state index in [-0.39, 0.29) is 29.9 Å². The Balaban J connectivity index is 1.70. The molecule has 1 heterocycles. The van der Waals surface area contributed by atoms with Crippen LogP contribution in [0.15, 0.2) is 12.3 Å². The molecule has 7 heteroatoms. The number of nitrogens with zero attached hydrogens (tertiary/aromatic N) is 2. The van der Waals surface area contributed by atoms with Gasteiger partial charge in [0.15, 0.2) is 5.78 Å². The molecule has 1 aromatic rings. The number of carbonyl (C=O) groups excluding carboxylic acids is 4. The molecule has 0 bridgehead atoms. The highest BCUT2D eigenvalue weighted by Gasteiger charge is 2.49. The minimum Gasteiger partial charge on any atom is -0.346 e. The minimum atomic E-state index is -0.908. The van der Waals surface area contributed by atoms with Crippen LogP contribution in [0.5, 0.6) is 0 Å². The molecule has 7 nitrogen and oxygen atoms in total. The van der Waals surface area contributed by atoms with E-state index in [2.05, 4.69) is 17.3 Å². The van der Waals surface area contributed by atoms with Gasteiger partial charge in [-0.05, 0) is 43.6 Å². The Morgan fingerprint density at radius 1 is 1.13 bits per heavy atom. The molecule has 1 N–H and O–H groups in total. The predicted octanol–water partition coefficient (Wildman–Crippen LogP) is 3.10. The molecule has 0 saturated heterocycles. The van der Waals surface area contributed by atoms with Gasteiger partial charge in [-0.15, -0.1) is 0 Å². The van der Waals surface area contributed by atoms with Crippen LogP contribution in [-0.4, -0.2) is 39.1 Å². The molecule has 2 saturated carbocycles. The van der Waals surface area contributed by atoms with Gasteiger partial charge in [0, 0.05) is 31.5 Å². The molecular weight excluding hydrogens is 394 g/mol. The topological polar surface area (TPSA) is 98.1 Å². The number of hydrogen-bond donors (Lipinski definition) is 1. The molecule has 3 rings (SSSR count). The van der Waals surface area contributed by atoms with Crippen molar-refractivity contribution < 1.29 is 19.2 Å². The monoisotopic (exact) mass is 429 g/mol. The Hall–Kier alpha value is -2.31. The summed E-state index contributed by atoms with van der Waals surface area (Å²) in [5.74, 6) is -1.21. The average molecular weight is 430 g/mol. The lowest BCUT2D eigenvalue weighted by Crippen LogP contribution is -2.49. The van der Waals surface area contributed by atoms with E-state index in [1.807, 2.05) is 0 Å². The predicted molar refractivity (Wildman–Crippen MR) is 116 cm³/mol. The Kier molecular flexibility index (Phi) is 7.12. The maximum Gasteiger partial charge on any atom is 0.220 e. The van der Waals surface area contributed by atoms with Gasteiger partial charge in [0.1, 0.15) is 0 Å². The summed E-state index contributed by atoms with van der Waals surface area (Å²) >= 11 is 0. The highest BCUT2D eigenvalue weighted by molar-refractivity contribution is 6.40. The molecule has 0 spiro atoms. The number of ketones is 3. The van der Waals surface area contributed by atoms with Crippen LogP contribution in [0.2, 0.25) is 0 Å². The van der Waals surface area contributed by atoms with Crippen molar-refractivity contribution >= 4 is 23.3 Å². The standard InChI is InChI=1S/C24H35N3O4/c1-4-21(30)25-18(15-23(2)9-5-6-10-23)20(29)16-24(11-7-12-24)22(31)19(28)14-17-8-13-27(3)26-17/h8,13,18H,4-7,9-12,14-16H2,1-3H3,(H,25,30)/t18-/m0/s1. The van der Waals surface area contributed by atoms with E-state index < -0.39 is 23.0 Å². The van der Waals surface area contributed by atoms with Crippen molar-refractivity contribution in [3.8, 4) is 0 Å². The van der Waals surface area contributed by atoms with E-state index >= 15 is 0 Å². The van der Waals surface area contributed by atoms with E-state index in [4.69, 9.17) is 0 Å². The van der Waals surface area contributed by atoms with E-state index in [1.165, 1.54) is 0 Å². The highest BCUT2D eigenvalue weighted by atomic mass is 16.2. The molecule has 31 heavy (non-hydrogen) atoms. The summed E-state index contributed by atoms with van der Waals surface area (Å²) in [6, 6.07) is 1.13. The summed E-state index contributed by atoms with van der Waals surface area (Å²) < 4.78 is 1.60. The fourth-order valence-electron chi connectivity index (χ4n) is 5.11. The average Bonchev–Trinajstić information content (AvgIpc) is 3.31. The minimum absolute atomic E-state index is 0.0323. The van der Waals surface area contributed by atoms with Gasteiger partial charge >= 0.3 is 0 Å². The van der Waals surface area contributed by atoms with Crippen LogP contribution in [0.3, 0.4) is 0 Å². The number of aryl methyl sites for hydroxylation is 1. The number of amides is 1. The van der Waals surface area contributed by atoms with Crippen LogP contribution in [0.1, 0.15) is 83.7 Å². The number of hydrogen-bond acceptors (Lipinski definition) is 5. The normalized spacial score (nSPS) is 20.0. The van der Waals surface area contributed by atoms with Crippen LogP contribution in [0.4, 0.5) is 0 Å². The summed E-state index contributed by atoms with van der Waals surface area (Å²) in [4.78, 5) is 51.2. The fourth-order valence-corrected chi connectivity index (χ4v) is 5.11. The molecule has 2 fully saturated rings. The SMILES string of the molecule is CCC(=O)N[C@@H](CC1(C)CCCC1)C(=O)CC1(C(=O)C(=O)Cc2ccn(C)n2)CCC1. The second-order valence-corrected chi connectivity index (χ2v) is 9.88. The molecule has 0 radical (unpaired) electrons. The first-order chi connectivity index (χ1) is 14.7. The number of nitrogens with one attached hydrogen (secondary N) is 1. The summed E-state index contributed by atoms with van der Waals surface area (Å²) in [5.41, 5.74) is -0.314. The zero-order valence-electron chi connectivity index (χ0n) is 19.0. The largest absolute Gasteiger partial charge is 0.346 e. The van der Waals surface area contributed by atoms with Gasteiger partial charge in [0.2, 0.25) is 17.5 Å². The number of rotatable bonds is 11. The van der Waals surface area contributed by atoms with Gasteiger partial charge in [-0.1, -0.05) is 33.1 Å². The summed E-state index contributed by atoms with van der Waals surface area (Å²) in [5, 5.41) is 7.09. The second-order valence-electron chi connectivity index (χ2n) is 9.88. The lowest BCUT2D eigenvalue weighted by atomic mass is 9.61. The Morgan fingerprint density at radius 3 is 2.32 bits per heavy atom. The quantitative estimate of drug-likeness (QED) is 0.545. The Bertz CT molecular complexity index is 847. The second kappa shape index (κ2) is 9.45. The molecule has 1 atom stereocenters. The first-order valence-electron chi connectivity index (χ1n) is 11.5. The summed E-state index contributed by atoms with van der Waals surface area (Å²) in [6.07, 6.45) is 8.96. The number of aromatic nitrogens is 2. The van der Waals surface area contributed by atoms with Crippen molar-refractivity contribution in [3.05, 3.63) is 18.0 Å². The van der Waals surface area contributed by atoms with Crippen molar-refractivity contribution in [1.29, 1.82) is 0 Å². The molecule has 1 aromatic heterocycles. The van der Waals surface area contributed by atoms with E-state index in [0.717, 1.165) is 32.1 Å². The molecule has 0 unspecified atom stereocenters. The van der Waals surface area contributed by atoms with E-state index in [9.17, 15) is 19.2 Å². The fraction of sp³-hybridized carbons (Fsp3) is 0.708. The van der Waals surface area contributed by atoms with Gasteiger partial charge in [0.25, 0.3) is 0 Å².